The minimum atomic E-state index is -0.222. The summed E-state index contributed by atoms with van der Waals surface area (Å²) >= 11 is 3.42. The van der Waals surface area contributed by atoms with Crippen LogP contribution < -0.4 is 5.73 Å². The number of rotatable bonds is 3. The quantitative estimate of drug-likeness (QED) is 0.912. The van der Waals surface area contributed by atoms with E-state index in [9.17, 15) is 4.39 Å². The van der Waals surface area contributed by atoms with E-state index < -0.39 is 0 Å². The molecule has 0 bridgehead atoms. The lowest BCUT2D eigenvalue weighted by atomic mass is 9.99. The minimum absolute atomic E-state index is 0.0438. The number of likely N-dealkylation sites (N-methyl/N-ethyl adjacent to an activating group) is 2. The summed E-state index contributed by atoms with van der Waals surface area (Å²) < 4.78 is 13.9. The van der Waals surface area contributed by atoms with Gasteiger partial charge in [0, 0.05) is 23.1 Å². The Hall–Kier alpha value is -0.490. The zero-order valence-corrected chi connectivity index (χ0v) is 13.7. The van der Waals surface area contributed by atoms with E-state index in [2.05, 4.69) is 39.8 Å². The van der Waals surface area contributed by atoms with Gasteiger partial charge in [0.1, 0.15) is 5.82 Å². The Balaban J connectivity index is 2.07. The first kappa shape index (κ1) is 15.9. The predicted octanol–water partition coefficient (Wildman–Crippen LogP) is 2.09. The Bertz CT molecular complexity index is 455. The van der Waals surface area contributed by atoms with Gasteiger partial charge >= 0.3 is 0 Å². The van der Waals surface area contributed by atoms with Crippen LogP contribution in [0.25, 0.3) is 0 Å². The fourth-order valence-electron chi connectivity index (χ4n) is 2.85. The second kappa shape index (κ2) is 6.98. The molecule has 0 spiro atoms. The van der Waals surface area contributed by atoms with Crippen LogP contribution in [0.1, 0.15) is 12.0 Å². The normalized spacial score (nSPS) is 23.6. The second-order valence-corrected chi connectivity index (χ2v) is 6.62. The van der Waals surface area contributed by atoms with E-state index in [-0.39, 0.29) is 11.9 Å². The number of nitrogens with zero attached hydrogens (tertiary/aromatic N) is 2. The van der Waals surface area contributed by atoms with Crippen molar-refractivity contribution in [1.82, 2.24) is 9.80 Å². The molecular formula is C15H23BrFN3. The van der Waals surface area contributed by atoms with Crippen molar-refractivity contribution < 1.29 is 4.39 Å². The molecule has 0 saturated carbocycles. The summed E-state index contributed by atoms with van der Waals surface area (Å²) in [4.78, 5) is 4.69. The van der Waals surface area contributed by atoms with Crippen LogP contribution in [0.15, 0.2) is 22.7 Å². The molecule has 2 N–H and O–H groups in total. The minimum Gasteiger partial charge on any atom is -0.326 e. The van der Waals surface area contributed by atoms with Gasteiger partial charge < -0.3 is 15.5 Å². The Morgan fingerprint density at radius 1 is 1.40 bits per heavy atom. The Morgan fingerprint density at radius 2 is 2.15 bits per heavy atom. The highest BCUT2D eigenvalue weighted by atomic mass is 79.9. The molecule has 1 aliphatic rings. The average molecular weight is 344 g/mol. The predicted molar refractivity (Wildman–Crippen MR) is 84.3 cm³/mol. The van der Waals surface area contributed by atoms with Crippen LogP contribution >= 0.6 is 15.9 Å². The molecule has 0 aromatic heterocycles. The maximum Gasteiger partial charge on any atom is 0.124 e. The molecule has 1 aromatic carbocycles. The number of hydrogen-bond donors (Lipinski definition) is 1. The van der Waals surface area contributed by atoms with Gasteiger partial charge in [0.05, 0.1) is 0 Å². The van der Waals surface area contributed by atoms with E-state index in [1.54, 1.807) is 0 Å². The zero-order chi connectivity index (χ0) is 14.7. The molecule has 112 valence electrons. The van der Waals surface area contributed by atoms with Gasteiger partial charge in [-0.25, -0.2) is 4.39 Å². The topological polar surface area (TPSA) is 32.5 Å². The molecule has 1 aromatic rings. The molecule has 2 rings (SSSR count). The fraction of sp³-hybridized carbons (Fsp3) is 0.600. The van der Waals surface area contributed by atoms with Crippen LogP contribution in [-0.2, 0) is 6.42 Å². The van der Waals surface area contributed by atoms with Crippen molar-refractivity contribution in [2.75, 3.05) is 33.7 Å². The summed E-state index contributed by atoms with van der Waals surface area (Å²) in [6, 6.07) is 5.20. The monoisotopic (exact) mass is 343 g/mol. The summed E-state index contributed by atoms with van der Waals surface area (Å²) in [7, 11) is 4.29. The molecule has 1 fully saturated rings. The molecule has 0 aliphatic carbocycles. The smallest absolute Gasteiger partial charge is 0.124 e. The van der Waals surface area contributed by atoms with Crippen molar-refractivity contribution in [2.24, 2.45) is 5.73 Å². The maximum atomic E-state index is 13.1. The molecule has 2 unspecified atom stereocenters. The molecule has 20 heavy (non-hydrogen) atoms. The SMILES string of the molecule is CN1CCCN(C)C(C(N)Cc2ccc(F)cc2Br)C1. The van der Waals surface area contributed by atoms with Crippen molar-refractivity contribution in [3.8, 4) is 0 Å². The first-order valence-corrected chi connectivity index (χ1v) is 7.85. The highest BCUT2D eigenvalue weighted by molar-refractivity contribution is 9.10. The Labute approximate surface area is 129 Å². The van der Waals surface area contributed by atoms with Crippen molar-refractivity contribution in [3.63, 3.8) is 0 Å². The standard InChI is InChI=1S/C15H23BrFN3/c1-19-6-3-7-20(2)15(10-19)14(18)8-11-4-5-12(17)9-13(11)16/h4-5,9,14-15H,3,6-8,10,18H2,1-2H3. The van der Waals surface area contributed by atoms with Gasteiger partial charge in [-0.1, -0.05) is 22.0 Å². The summed E-state index contributed by atoms with van der Waals surface area (Å²) in [5, 5.41) is 0. The van der Waals surface area contributed by atoms with E-state index in [1.807, 2.05) is 6.07 Å². The lowest BCUT2D eigenvalue weighted by Gasteiger charge is -2.32. The van der Waals surface area contributed by atoms with Gasteiger partial charge in [0.2, 0.25) is 0 Å². The van der Waals surface area contributed by atoms with E-state index in [4.69, 9.17) is 5.73 Å². The maximum absolute atomic E-state index is 13.1. The van der Waals surface area contributed by atoms with Crippen molar-refractivity contribution >= 4 is 15.9 Å². The molecule has 3 nitrogen and oxygen atoms in total. The van der Waals surface area contributed by atoms with Gasteiger partial charge in [-0.2, -0.15) is 0 Å². The van der Waals surface area contributed by atoms with E-state index in [1.165, 1.54) is 18.6 Å². The fourth-order valence-corrected chi connectivity index (χ4v) is 3.36. The van der Waals surface area contributed by atoms with Gasteiger partial charge in [0.25, 0.3) is 0 Å². The molecule has 1 saturated heterocycles. The van der Waals surface area contributed by atoms with Gasteiger partial charge in [0.15, 0.2) is 0 Å². The lowest BCUT2D eigenvalue weighted by molar-refractivity contribution is 0.195. The van der Waals surface area contributed by atoms with Crippen LogP contribution in [-0.4, -0.2) is 55.6 Å². The van der Waals surface area contributed by atoms with Crippen LogP contribution in [0.5, 0.6) is 0 Å². The summed E-state index contributed by atoms with van der Waals surface area (Å²) in [6.45, 7) is 3.18. The summed E-state index contributed by atoms with van der Waals surface area (Å²) in [5.74, 6) is -0.222. The van der Waals surface area contributed by atoms with Crippen LogP contribution in [0.4, 0.5) is 4.39 Å². The Kier molecular flexibility index (Phi) is 5.55. The first-order valence-electron chi connectivity index (χ1n) is 7.05. The molecule has 2 atom stereocenters. The third-order valence-corrected chi connectivity index (χ3v) is 4.82. The molecule has 5 heteroatoms. The zero-order valence-electron chi connectivity index (χ0n) is 12.1. The van der Waals surface area contributed by atoms with Crippen LogP contribution in [0.3, 0.4) is 0 Å². The summed E-state index contributed by atoms with van der Waals surface area (Å²) in [6.07, 6.45) is 1.93. The van der Waals surface area contributed by atoms with Crippen molar-refractivity contribution in [3.05, 3.63) is 34.1 Å². The van der Waals surface area contributed by atoms with E-state index in [0.717, 1.165) is 36.1 Å². The van der Waals surface area contributed by atoms with Crippen LogP contribution in [0.2, 0.25) is 0 Å². The number of benzene rings is 1. The van der Waals surface area contributed by atoms with Crippen LogP contribution in [0, 0.1) is 5.82 Å². The molecule has 0 radical (unpaired) electrons. The third-order valence-electron chi connectivity index (χ3n) is 4.08. The highest BCUT2D eigenvalue weighted by Crippen LogP contribution is 2.21. The molecule has 0 amide bonds. The number of nitrogens with two attached hydrogens (primary N) is 1. The molecule has 1 aliphatic heterocycles. The largest absolute Gasteiger partial charge is 0.326 e. The van der Waals surface area contributed by atoms with Gasteiger partial charge in [-0.15, -0.1) is 0 Å². The van der Waals surface area contributed by atoms with Crippen molar-refractivity contribution in [1.29, 1.82) is 0 Å². The van der Waals surface area contributed by atoms with E-state index in [0.29, 0.717) is 6.04 Å². The Morgan fingerprint density at radius 3 is 2.85 bits per heavy atom. The number of hydrogen-bond acceptors (Lipinski definition) is 3. The van der Waals surface area contributed by atoms with Crippen molar-refractivity contribution in [2.45, 2.75) is 24.9 Å². The molecular weight excluding hydrogens is 321 g/mol. The average Bonchev–Trinajstić information content (AvgIpc) is 2.54. The van der Waals surface area contributed by atoms with E-state index >= 15 is 0 Å². The first-order chi connectivity index (χ1) is 9.47. The third kappa shape index (κ3) is 4.01. The van der Waals surface area contributed by atoms with Gasteiger partial charge in [-0.3, -0.25) is 0 Å². The lowest BCUT2D eigenvalue weighted by Crippen LogP contribution is -2.51. The summed E-state index contributed by atoms with van der Waals surface area (Å²) in [5.41, 5.74) is 7.50. The van der Waals surface area contributed by atoms with Gasteiger partial charge in [-0.05, 0) is 57.7 Å². The highest BCUT2D eigenvalue weighted by Gasteiger charge is 2.26. The second-order valence-electron chi connectivity index (χ2n) is 5.77. The molecule has 1 heterocycles. The number of halogens is 2.